The number of urea groups is 1. The molecule has 1 aliphatic carbocycles. The zero-order valence-corrected chi connectivity index (χ0v) is 16.3. The number of carbonyl (C=O) groups is 2. The SMILES string of the molecule is C[C@@H]1CCCC[C@@H]1NC(=O)NC(=O)CN(C)Cc1nc2ccccc2c(=O)[nH]1. The van der Waals surface area contributed by atoms with E-state index in [0.717, 1.165) is 19.3 Å². The van der Waals surface area contributed by atoms with Crippen molar-refractivity contribution in [3.05, 3.63) is 40.4 Å². The first-order chi connectivity index (χ1) is 13.4. The molecule has 1 fully saturated rings. The zero-order valence-electron chi connectivity index (χ0n) is 16.3. The van der Waals surface area contributed by atoms with Crippen molar-refractivity contribution in [3.8, 4) is 0 Å². The number of fused-ring (bicyclic) bond motifs is 1. The third-order valence-electron chi connectivity index (χ3n) is 5.18. The Balaban J connectivity index is 1.51. The molecule has 0 saturated heterocycles. The lowest BCUT2D eigenvalue weighted by atomic mass is 9.86. The van der Waals surface area contributed by atoms with E-state index in [0.29, 0.717) is 22.6 Å². The first kappa shape index (κ1) is 20.0. The van der Waals surface area contributed by atoms with E-state index in [2.05, 4.69) is 27.5 Å². The fourth-order valence-corrected chi connectivity index (χ4v) is 3.67. The Bertz CT molecular complexity index is 910. The van der Waals surface area contributed by atoms with Gasteiger partial charge >= 0.3 is 6.03 Å². The Hall–Kier alpha value is -2.74. The lowest BCUT2D eigenvalue weighted by molar-refractivity contribution is -0.121. The molecule has 0 radical (unpaired) electrons. The van der Waals surface area contributed by atoms with Gasteiger partial charge in [-0.25, -0.2) is 9.78 Å². The summed E-state index contributed by atoms with van der Waals surface area (Å²) in [5.74, 6) is 0.499. The average molecular weight is 385 g/mol. The third-order valence-corrected chi connectivity index (χ3v) is 5.18. The minimum Gasteiger partial charge on any atom is -0.335 e. The second-order valence-electron chi connectivity index (χ2n) is 7.59. The van der Waals surface area contributed by atoms with E-state index in [1.165, 1.54) is 6.42 Å². The van der Waals surface area contributed by atoms with Crippen molar-refractivity contribution in [3.63, 3.8) is 0 Å². The van der Waals surface area contributed by atoms with Crippen molar-refractivity contribution in [2.24, 2.45) is 5.92 Å². The molecule has 3 rings (SSSR count). The van der Waals surface area contributed by atoms with Crippen molar-refractivity contribution < 1.29 is 9.59 Å². The van der Waals surface area contributed by atoms with Gasteiger partial charge in [0.05, 0.1) is 24.0 Å². The third kappa shape index (κ3) is 5.16. The van der Waals surface area contributed by atoms with Crippen LogP contribution in [0.2, 0.25) is 0 Å². The molecule has 1 heterocycles. The molecule has 0 aliphatic heterocycles. The molecule has 1 aromatic heterocycles. The number of para-hydroxylation sites is 1. The molecule has 8 heteroatoms. The largest absolute Gasteiger partial charge is 0.335 e. The van der Waals surface area contributed by atoms with Crippen LogP contribution >= 0.6 is 0 Å². The second-order valence-corrected chi connectivity index (χ2v) is 7.59. The number of aromatic nitrogens is 2. The van der Waals surface area contributed by atoms with E-state index in [4.69, 9.17) is 0 Å². The number of aromatic amines is 1. The Morgan fingerprint density at radius 3 is 2.79 bits per heavy atom. The van der Waals surface area contributed by atoms with Gasteiger partial charge in [0.25, 0.3) is 5.56 Å². The van der Waals surface area contributed by atoms with Crippen molar-refractivity contribution in [2.45, 2.75) is 45.2 Å². The molecule has 2 aromatic rings. The summed E-state index contributed by atoms with van der Waals surface area (Å²) in [5, 5.41) is 5.81. The first-order valence-corrected chi connectivity index (χ1v) is 9.69. The predicted molar refractivity (Wildman–Crippen MR) is 107 cm³/mol. The zero-order chi connectivity index (χ0) is 20.1. The van der Waals surface area contributed by atoms with Crippen molar-refractivity contribution in [1.29, 1.82) is 0 Å². The van der Waals surface area contributed by atoms with Gasteiger partial charge in [0, 0.05) is 6.04 Å². The fourth-order valence-electron chi connectivity index (χ4n) is 3.67. The molecular formula is C20H27N5O3. The second kappa shape index (κ2) is 8.97. The predicted octanol–water partition coefficient (Wildman–Crippen LogP) is 1.76. The molecular weight excluding hydrogens is 358 g/mol. The van der Waals surface area contributed by atoms with E-state index < -0.39 is 11.9 Å². The van der Waals surface area contributed by atoms with Crippen LogP contribution < -0.4 is 16.2 Å². The van der Waals surface area contributed by atoms with Crippen LogP contribution in [-0.2, 0) is 11.3 Å². The molecule has 3 amide bonds. The summed E-state index contributed by atoms with van der Waals surface area (Å²) in [6.07, 6.45) is 4.33. The van der Waals surface area contributed by atoms with E-state index in [9.17, 15) is 14.4 Å². The van der Waals surface area contributed by atoms with E-state index in [1.54, 1.807) is 30.1 Å². The van der Waals surface area contributed by atoms with Gasteiger partial charge in [0.15, 0.2) is 0 Å². The number of carbonyl (C=O) groups excluding carboxylic acids is 2. The Kier molecular flexibility index (Phi) is 6.41. The minimum absolute atomic E-state index is 0.0180. The summed E-state index contributed by atoms with van der Waals surface area (Å²) < 4.78 is 0. The molecule has 8 nitrogen and oxygen atoms in total. The molecule has 2 atom stereocenters. The summed E-state index contributed by atoms with van der Waals surface area (Å²) in [5.41, 5.74) is 0.402. The van der Waals surface area contributed by atoms with Crippen LogP contribution in [-0.4, -0.2) is 46.4 Å². The van der Waals surface area contributed by atoms with Crippen LogP contribution in [0.3, 0.4) is 0 Å². The van der Waals surface area contributed by atoms with Crippen LogP contribution in [0.5, 0.6) is 0 Å². The summed E-state index contributed by atoms with van der Waals surface area (Å²) in [6, 6.07) is 6.77. The molecule has 0 spiro atoms. The lowest BCUT2D eigenvalue weighted by Crippen LogP contribution is -2.49. The summed E-state index contributed by atoms with van der Waals surface area (Å²) in [6.45, 7) is 2.43. The molecule has 1 saturated carbocycles. The number of rotatable bonds is 5. The maximum absolute atomic E-state index is 12.2. The highest BCUT2D eigenvalue weighted by Crippen LogP contribution is 2.23. The Morgan fingerprint density at radius 2 is 2.00 bits per heavy atom. The normalized spacial score (nSPS) is 19.5. The van der Waals surface area contributed by atoms with Gasteiger partial charge in [-0.3, -0.25) is 19.8 Å². The highest BCUT2D eigenvalue weighted by molar-refractivity contribution is 5.95. The summed E-state index contributed by atoms with van der Waals surface area (Å²) >= 11 is 0. The van der Waals surface area contributed by atoms with Gasteiger partial charge in [-0.05, 0) is 37.9 Å². The molecule has 3 N–H and O–H groups in total. The van der Waals surface area contributed by atoms with Gasteiger partial charge in [-0.1, -0.05) is 31.9 Å². The van der Waals surface area contributed by atoms with Crippen LogP contribution in [0.4, 0.5) is 4.79 Å². The van der Waals surface area contributed by atoms with Gasteiger partial charge in [-0.2, -0.15) is 0 Å². The van der Waals surface area contributed by atoms with Crippen LogP contribution in [0, 0.1) is 5.92 Å². The molecule has 150 valence electrons. The topological polar surface area (TPSA) is 107 Å². The van der Waals surface area contributed by atoms with E-state index in [-0.39, 0.29) is 24.7 Å². The number of H-pyrrole nitrogens is 1. The number of nitrogens with zero attached hydrogens (tertiary/aromatic N) is 2. The van der Waals surface area contributed by atoms with Gasteiger partial charge in [-0.15, -0.1) is 0 Å². The van der Waals surface area contributed by atoms with Gasteiger partial charge in [0.1, 0.15) is 5.82 Å². The summed E-state index contributed by atoms with van der Waals surface area (Å²) in [4.78, 5) is 45.2. The number of benzene rings is 1. The molecule has 1 aliphatic rings. The quantitative estimate of drug-likeness (QED) is 0.727. The summed E-state index contributed by atoms with van der Waals surface area (Å²) in [7, 11) is 1.73. The fraction of sp³-hybridized carbons (Fsp3) is 0.500. The maximum Gasteiger partial charge on any atom is 0.321 e. The molecule has 1 aromatic carbocycles. The van der Waals surface area contributed by atoms with Crippen molar-refractivity contribution in [2.75, 3.05) is 13.6 Å². The molecule has 0 bridgehead atoms. The minimum atomic E-state index is -0.450. The number of hydrogen-bond acceptors (Lipinski definition) is 5. The van der Waals surface area contributed by atoms with Crippen molar-refractivity contribution >= 4 is 22.8 Å². The molecule has 28 heavy (non-hydrogen) atoms. The van der Waals surface area contributed by atoms with E-state index >= 15 is 0 Å². The first-order valence-electron chi connectivity index (χ1n) is 9.69. The Morgan fingerprint density at radius 1 is 1.25 bits per heavy atom. The van der Waals surface area contributed by atoms with Crippen LogP contribution in [0.15, 0.2) is 29.1 Å². The number of likely N-dealkylation sites (N-methyl/N-ethyl adjacent to an activating group) is 1. The smallest absolute Gasteiger partial charge is 0.321 e. The number of amides is 3. The van der Waals surface area contributed by atoms with Gasteiger partial charge < -0.3 is 10.3 Å². The number of nitrogens with one attached hydrogen (secondary N) is 3. The van der Waals surface area contributed by atoms with Gasteiger partial charge in [0.2, 0.25) is 5.91 Å². The monoisotopic (exact) mass is 385 g/mol. The van der Waals surface area contributed by atoms with Crippen LogP contribution in [0.25, 0.3) is 10.9 Å². The van der Waals surface area contributed by atoms with E-state index in [1.807, 2.05) is 6.07 Å². The standard InChI is InChI=1S/C20H27N5O3/c1-13-7-3-5-9-15(13)22-20(28)24-18(26)12-25(2)11-17-21-16-10-6-4-8-14(16)19(27)23-17/h4,6,8,10,13,15H,3,5,7,9,11-12H2,1-2H3,(H,21,23,27)(H2,22,24,26,28)/t13-,15+/m1/s1. The van der Waals surface area contributed by atoms with Crippen LogP contribution in [0.1, 0.15) is 38.4 Å². The Labute approximate surface area is 163 Å². The van der Waals surface area contributed by atoms with Crippen molar-refractivity contribution in [1.82, 2.24) is 25.5 Å². The maximum atomic E-state index is 12.2. The highest BCUT2D eigenvalue weighted by Gasteiger charge is 2.23. The highest BCUT2D eigenvalue weighted by atomic mass is 16.2. The average Bonchev–Trinajstić information content (AvgIpc) is 2.63. The molecule has 0 unspecified atom stereocenters. The number of imide groups is 1. The lowest BCUT2D eigenvalue weighted by Gasteiger charge is -2.29. The number of hydrogen-bond donors (Lipinski definition) is 3.